The quantitative estimate of drug-likeness (QED) is 0.818. The summed E-state index contributed by atoms with van der Waals surface area (Å²) in [6.07, 6.45) is 10.2. The number of pyridine rings is 1. The van der Waals surface area contributed by atoms with Crippen LogP contribution in [-0.2, 0) is 0 Å². The Hall–Kier alpha value is -2.09. The van der Waals surface area contributed by atoms with Crippen molar-refractivity contribution >= 4 is 17.8 Å². The second-order valence-electron chi connectivity index (χ2n) is 5.69. The van der Waals surface area contributed by atoms with E-state index < -0.39 is 0 Å². The maximum Gasteiger partial charge on any atom is 0.0650 e. The third-order valence-electron chi connectivity index (χ3n) is 4.04. The Morgan fingerprint density at radius 1 is 1.00 bits per heavy atom. The van der Waals surface area contributed by atoms with Gasteiger partial charge in [-0.2, -0.15) is 0 Å². The zero-order chi connectivity index (χ0) is 14.5. The minimum atomic E-state index is 1.03. The second kappa shape index (κ2) is 6.57. The molecule has 1 fully saturated rings. The molecule has 2 heterocycles. The van der Waals surface area contributed by atoms with Crippen molar-refractivity contribution in [1.82, 2.24) is 4.98 Å². The van der Waals surface area contributed by atoms with Gasteiger partial charge in [0.2, 0.25) is 0 Å². The number of aryl methyl sites for hydroxylation is 1. The minimum absolute atomic E-state index is 1.03. The summed E-state index contributed by atoms with van der Waals surface area (Å²) in [7, 11) is 0. The molecule has 1 aliphatic rings. The van der Waals surface area contributed by atoms with Crippen LogP contribution in [0.4, 0.5) is 5.69 Å². The van der Waals surface area contributed by atoms with Gasteiger partial charge in [-0.15, -0.1) is 0 Å². The Morgan fingerprint density at radius 3 is 2.52 bits per heavy atom. The van der Waals surface area contributed by atoms with Gasteiger partial charge in [0.1, 0.15) is 0 Å². The number of anilines is 1. The van der Waals surface area contributed by atoms with Crippen LogP contribution >= 0.6 is 0 Å². The van der Waals surface area contributed by atoms with Crippen LogP contribution < -0.4 is 4.90 Å². The Bertz CT molecular complexity index is 611. The summed E-state index contributed by atoms with van der Waals surface area (Å²) in [5, 5.41) is 0. The zero-order valence-corrected chi connectivity index (χ0v) is 12.6. The zero-order valence-electron chi connectivity index (χ0n) is 12.6. The molecule has 1 aromatic carbocycles. The molecule has 2 aromatic rings. The molecule has 0 aliphatic carbocycles. The number of aromatic nitrogens is 1. The van der Waals surface area contributed by atoms with Gasteiger partial charge in [-0.3, -0.25) is 4.98 Å². The number of hydrogen-bond donors (Lipinski definition) is 0. The summed E-state index contributed by atoms with van der Waals surface area (Å²) < 4.78 is 0. The average Bonchev–Trinajstić information content (AvgIpc) is 2.56. The van der Waals surface area contributed by atoms with Crippen LogP contribution in [0, 0.1) is 6.92 Å². The summed E-state index contributed by atoms with van der Waals surface area (Å²) in [4.78, 5) is 7.04. The van der Waals surface area contributed by atoms with Gasteiger partial charge in [0.25, 0.3) is 0 Å². The molecule has 0 radical (unpaired) electrons. The molecule has 21 heavy (non-hydrogen) atoms. The number of rotatable bonds is 3. The number of benzene rings is 1. The fourth-order valence-corrected chi connectivity index (χ4v) is 2.84. The van der Waals surface area contributed by atoms with E-state index in [0.29, 0.717) is 0 Å². The number of nitrogens with zero attached hydrogens (tertiary/aromatic N) is 2. The van der Waals surface area contributed by atoms with Gasteiger partial charge in [-0.25, -0.2) is 0 Å². The first-order chi connectivity index (χ1) is 10.3. The van der Waals surface area contributed by atoms with Gasteiger partial charge in [0.05, 0.1) is 5.69 Å². The summed E-state index contributed by atoms with van der Waals surface area (Å²) in [5.74, 6) is 0. The van der Waals surface area contributed by atoms with Crippen molar-refractivity contribution in [2.24, 2.45) is 0 Å². The highest BCUT2D eigenvalue weighted by Gasteiger charge is 2.13. The van der Waals surface area contributed by atoms with Crippen LogP contribution in [-0.4, -0.2) is 18.1 Å². The molecule has 0 saturated carbocycles. The lowest BCUT2D eigenvalue weighted by atomic mass is 10.1. The van der Waals surface area contributed by atoms with Crippen LogP contribution in [0.25, 0.3) is 12.2 Å². The normalized spacial score (nSPS) is 15.6. The Balaban J connectivity index is 1.82. The van der Waals surface area contributed by atoms with E-state index in [1.165, 1.54) is 49.2 Å². The van der Waals surface area contributed by atoms with E-state index in [9.17, 15) is 0 Å². The topological polar surface area (TPSA) is 16.1 Å². The van der Waals surface area contributed by atoms with Gasteiger partial charge < -0.3 is 4.90 Å². The van der Waals surface area contributed by atoms with E-state index in [0.717, 1.165) is 5.69 Å². The lowest BCUT2D eigenvalue weighted by Crippen LogP contribution is -2.30. The van der Waals surface area contributed by atoms with E-state index in [1.54, 1.807) is 0 Å². The lowest BCUT2D eigenvalue weighted by Gasteiger charge is -2.30. The molecule has 0 unspecified atom stereocenters. The second-order valence-corrected chi connectivity index (χ2v) is 5.69. The molecule has 0 bridgehead atoms. The van der Waals surface area contributed by atoms with E-state index in [4.69, 9.17) is 0 Å². The largest absolute Gasteiger partial charge is 0.371 e. The Morgan fingerprint density at radius 2 is 1.76 bits per heavy atom. The van der Waals surface area contributed by atoms with Crippen LogP contribution in [0.5, 0.6) is 0 Å². The van der Waals surface area contributed by atoms with Crippen molar-refractivity contribution in [3.8, 4) is 0 Å². The highest BCUT2D eigenvalue weighted by Crippen LogP contribution is 2.24. The molecule has 1 aromatic heterocycles. The van der Waals surface area contributed by atoms with Crippen LogP contribution in [0.1, 0.15) is 36.1 Å². The molecule has 0 atom stereocenters. The van der Waals surface area contributed by atoms with Crippen LogP contribution in [0.15, 0.2) is 42.6 Å². The highest BCUT2D eigenvalue weighted by molar-refractivity contribution is 5.70. The maximum absolute atomic E-state index is 4.54. The van der Waals surface area contributed by atoms with Crippen molar-refractivity contribution in [2.75, 3.05) is 18.0 Å². The van der Waals surface area contributed by atoms with E-state index >= 15 is 0 Å². The fourth-order valence-electron chi connectivity index (χ4n) is 2.84. The first-order valence-electron chi connectivity index (χ1n) is 7.78. The SMILES string of the molecule is Cc1cnc(/C=C\c2ccccc2)cc1N1CCCCC1. The molecular weight excluding hydrogens is 256 g/mol. The predicted molar refractivity (Wildman–Crippen MR) is 90.4 cm³/mol. The first-order valence-corrected chi connectivity index (χ1v) is 7.78. The van der Waals surface area contributed by atoms with Crippen molar-refractivity contribution in [1.29, 1.82) is 0 Å². The van der Waals surface area contributed by atoms with Gasteiger partial charge in [0.15, 0.2) is 0 Å². The molecular formula is C19H22N2. The summed E-state index contributed by atoms with van der Waals surface area (Å²) >= 11 is 0. The lowest BCUT2D eigenvalue weighted by molar-refractivity contribution is 0.577. The van der Waals surface area contributed by atoms with Crippen molar-refractivity contribution in [2.45, 2.75) is 26.2 Å². The molecule has 108 valence electrons. The van der Waals surface area contributed by atoms with Crippen molar-refractivity contribution < 1.29 is 0 Å². The molecule has 0 amide bonds. The first kappa shape index (κ1) is 13.9. The average molecular weight is 278 g/mol. The smallest absolute Gasteiger partial charge is 0.0650 e. The summed E-state index contributed by atoms with van der Waals surface area (Å²) in [6.45, 7) is 4.50. The monoisotopic (exact) mass is 278 g/mol. The van der Waals surface area contributed by atoms with Gasteiger partial charge in [-0.05, 0) is 49.5 Å². The van der Waals surface area contributed by atoms with Gasteiger partial charge in [-0.1, -0.05) is 36.4 Å². The third-order valence-corrected chi connectivity index (χ3v) is 4.04. The Labute approximate surface area is 127 Å². The van der Waals surface area contributed by atoms with Gasteiger partial charge >= 0.3 is 0 Å². The van der Waals surface area contributed by atoms with Crippen LogP contribution in [0.3, 0.4) is 0 Å². The molecule has 1 saturated heterocycles. The highest BCUT2D eigenvalue weighted by atomic mass is 15.1. The Kier molecular flexibility index (Phi) is 4.34. The standard InChI is InChI=1S/C19H22N2/c1-16-15-20-18(11-10-17-8-4-2-5-9-17)14-19(16)21-12-6-3-7-13-21/h2,4-5,8-11,14-15H,3,6-7,12-13H2,1H3/b11-10-. The van der Waals surface area contributed by atoms with Crippen molar-refractivity contribution in [3.05, 3.63) is 59.4 Å². The minimum Gasteiger partial charge on any atom is -0.371 e. The molecule has 0 N–H and O–H groups in total. The molecule has 2 heteroatoms. The fraction of sp³-hybridized carbons (Fsp3) is 0.316. The summed E-state index contributed by atoms with van der Waals surface area (Å²) in [5.41, 5.74) is 4.86. The van der Waals surface area contributed by atoms with Gasteiger partial charge in [0, 0.05) is 25.0 Å². The summed E-state index contributed by atoms with van der Waals surface area (Å²) in [6, 6.07) is 12.6. The third kappa shape index (κ3) is 3.52. The van der Waals surface area contributed by atoms with E-state index in [-0.39, 0.29) is 0 Å². The van der Waals surface area contributed by atoms with Crippen molar-refractivity contribution in [3.63, 3.8) is 0 Å². The molecule has 2 nitrogen and oxygen atoms in total. The van der Waals surface area contributed by atoms with Crippen LogP contribution in [0.2, 0.25) is 0 Å². The molecule has 1 aliphatic heterocycles. The molecule has 3 rings (SSSR count). The maximum atomic E-state index is 4.54. The van der Waals surface area contributed by atoms with E-state index in [1.807, 2.05) is 12.3 Å². The predicted octanol–water partition coefficient (Wildman–Crippen LogP) is 4.55. The molecule has 0 spiro atoms. The number of piperidine rings is 1. The van der Waals surface area contributed by atoms with E-state index in [2.05, 4.69) is 59.3 Å². The number of hydrogen-bond acceptors (Lipinski definition) is 2.